The maximum absolute atomic E-state index is 12.8. The number of carbonyl (C=O) groups excluding carboxylic acids is 4. The molecule has 8 nitrogen and oxygen atoms in total. The van der Waals surface area contributed by atoms with Crippen molar-refractivity contribution in [2.75, 3.05) is 18.4 Å². The predicted octanol–water partition coefficient (Wildman–Crippen LogP) is 0.642. The molecule has 3 heterocycles. The molecule has 3 aliphatic rings. The SMILES string of the molecule is O=C1CCC(N2C(=O)c3ccc(NCC[C@H]4CCCN4)cc3C2=O)C(=O)N1. The Labute approximate surface area is 156 Å². The Balaban J connectivity index is 1.46. The van der Waals surface area contributed by atoms with Gasteiger partial charge in [0.25, 0.3) is 11.8 Å². The van der Waals surface area contributed by atoms with Gasteiger partial charge in [-0.1, -0.05) is 0 Å². The highest BCUT2D eigenvalue weighted by molar-refractivity contribution is 6.23. The monoisotopic (exact) mass is 370 g/mol. The molecular weight excluding hydrogens is 348 g/mol. The largest absolute Gasteiger partial charge is 0.385 e. The summed E-state index contributed by atoms with van der Waals surface area (Å²) >= 11 is 0. The zero-order valence-electron chi connectivity index (χ0n) is 14.9. The first-order valence-corrected chi connectivity index (χ1v) is 9.37. The summed E-state index contributed by atoms with van der Waals surface area (Å²) in [6, 6.07) is 4.67. The van der Waals surface area contributed by atoms with Crippen LogP contribution in [-0.2, 0) is 9.59 Å². The molecule has 142 valence electrons. The van der Waals surface area contributed by atoms with Crippen LogP contribution < -0.4 is 16.0 Å². The third-order valence-corrected chi connectivity index (χ3v) is 5.42. The molecule has 1 aromatic rings. The molecular formula is C19H22N4O4. The van der Waals surface area contributed by atoms with Gasteiger partial charge in [0, 0.05) is 24.7 Å². The second-order valence-corrected chi connectivity index (χ2v) is 7.22. The van der Waals surface area contributed by atoms with Gasteiger partial charge in [-0.25, -0.2) is 0 Å². The topological polar surface area (TPSA) is 108 Å². The molecule has 0 saturated carbocycles. The lowest BCUT2D eigenvalue weighted by atomic mass is 10.0. The third kappa shape index (κ3) is 3.32. The van der Waals surface area contributed by atoms with Gasteiger partial charge in [0.1, 0.15) is 6.04 Å². The van der Waals surface area contributed by atoms with Gasteiger partial charge in [0.15, 0.2) is 0 Å². The summed E-state index contributed by atoms with van der Waals surface area (Å²) in [5.41, 5.74) is 1.37. The number of hydrogen-bond acceptors (Lipinski definition) is 6. The molecule has 0 spiro atoms. The van der Waals surface area contributed by atoms with Gasteiger partial charge in [-0.05, 0) is 50.4 Å². The number of fused-ring (bicyclic) bond motifs is 1. The number of nitrogens with zero attached hydrogens (tertiary/aromatic N) is 1. The van der Waals surface area contributed by atoms with E-state index in [2.05, 4.69) is 16.0 Å². The number of imide groups is 2. The van der Waals surface area contributed by atoms with Crippen LogP contribution in [0.15, 0.2) is 18.2 Å². The lowest BCUT2D eigenvalue weighted by Crippen LogP contribution is -2.54. The first kappa shape index (κ1) is 17.7. The van der Waals surface area contributed by atoms with Crippen LogP contribution in [0.2, 0.25) is 0 Å². The van der Waals surface area contributed by atoms with Gasteiger partial charge < -0.3 is 10.6 Å². The van der Waals surface area contributed by atoms with Gasteiger partial charge in [-0.3, -0.25) is 29.4 Å². The number of piperidine rings is 1. The smallest absolute Gasteiger partial charge is 0.262 e. The minimum Gasteiger partial charge on any atom is -0.385 e. The van der Waals surface area contributed by atoms with Crippen molar-refractivity contribution in [1.82, 2.24) is 15.5 Å². The molecule has 2 saturated heterocycles. The Morgan fingerprint density at radius 3 is 2.63 bits per heavy atom. The highest BCUT2D eigenvalue weighted by Crippen LogP contribution is 2.29. The van der Waals surface area contributed by atoms with E-state index in [-0.39, 0.29) is 18.7 Å². The standard InChI is InChI=1S/C19H22N4O4/c24-16-6-5-15(17(25)22-16)23-18(26)13-4-3-12(10-14(13)19(23)27)21-9-7-11-2-1-8-20-11/h3-4,10-11,15,20-21H,1-2,5-9H2,(H,22,24,25)/t11-,15?/m1/s1. The van der Waals surface area contributed by atoms with E-state index in [1.165, 1.54) is 12.8 Å². The molecule has 0 radical (unpaired) electrons. The highest BCUT2D eigenvalue weighted by Gasteiger charge is 2.44. The van der Waals surface area contributed by atoms with Crippen LogP contribution in [0.3, 0.4) is 0 Å². The molecule has 3 aliphatic heterocycles. The lowest BCUT2D eigenvalue weighted by molar-refractivity contribution is -0.136. The van der Waals surface area contributed by atoms with E-state index >= 15 is 0 Å². The van der Waals surface area contributed by atoms with Crippen molar-refractivity contribution in [3.63, 3.8) is 0 Å². The van der Waals surface area contributed by atoms with E-state index in [4.69, 9.17) is 0 Å². The molecule has 27 heavy (non-hydrogen) atoms. The fourth-order valence-corrected chi connectivity index (χ4v) is 3.97. The zero-order valence-corrected chi connectivity index (χ0v) is 14.9. The first-order valence-electron chi connectivity index (χ1n) is 9.37. The Hall–Kier alpha value is -2.74. The van der Waals surface area contributed by atoms with Gasteiger partial charge in [0.05, 0.1) is 11.1 Å². The number of hydrogen-bond donors (Lipinski definition) is 3. The minimum atomic E-state index is -0.931. The van der Waals surface area contributed by atoms with Crippen LogP contribution in [0.5, 0.6) is 0 Å². The van der Waals surface area contributed by atoms with E-state index < -0.39 is 23.8 Å². The average molecular weight is 370 g/mol. The van der Waals surface area contributed by atoms with E-state index in [0.29, 0.717) is 17.2 Å². The van der Waals surface area contributed by atoms with Crippen LogP contribution in [-0.4, -0.2) is 53.7 Å². The summed E-state index contributed by atoms with van der Waals surface area (Å²) in [5.74, 6) is -1.93. The fraction of sp³-hybridized carbons (Fsp3) is 0.474. The van der Waals surface area contributed by atoms with E-state index in [0.717, 1.165) is 30.1 Å². The third-order valence-electron chi connectivity index (χ3n) is 5.42. The molecule has 4 rings (SSSR count). The van der Waals surface area contributed by atoms with Crippen LogP contribution in [0.25, 0.3) is 0 Å². The van der Waals surface area contributed by atoms with Crippen molar-refractivity contribution in [2.24, 2.45) is 0 Å². The summed E-state index contributed by atoms with van der Waals surface area (Å²) < 4.78 is 0. The molecule has 2 fully saturated rings. The molecule has 3 N–H and O–H groups in total. The maximum atomic E-state index is 12.8. The summed E-state index contributed by atoms with van der Waals surface area (Å²) in [4.78, 5) is 49.8. The number of nitrogens with one attached hydrogen (secondary N) is 3. The zero-order chi connectivity index (χ0) is 19.0. The van der Waals surface area contributed by atoms with E-state index in [9.17, 15) is 19.2 Å². The van der Waals surface area contributed by atoms with Gasteiger partial charge >= 0.3 is 0 Å². The number of amides is 4. The van der Waals surface area contributed by atoms with Crippen molar-refractivity contribution >= 4 is 29.3 Å². The van der Waals surface area contributed by atoms with Crippen LogP contribution in [0.4, 0.5) is 5.69 Å². The number of rotatable bonds is 5. The Morgan fingerprint density at radius 2 is 1.89 bits per heavy atom. The van der Waals surface area contributed by atoms with Crippen molar-refractivity contribution < 1.29 is 19.2 Å². The molecule has 0 aliphatic carbocycles. The molecule has 0 bridgehead atoms. The average Bonchev–Trinajstić information content (AvgIpc) is 3.24. The molecule has 1 aromatic carbocycles. The molecule has 1 unspecified atom stereocenters. The van der Waals surface area contributed by atoms with Crippen molar-refractivity contribution in [3.05, 3.63) is 29.3 Å². The fourth-order valence-electron chi connectivity index (χ4n) is 3.97. The van der Waals surface area contributed by atoms with Crippen LogP contribution >= 0.6 is 0 Å². The number of carbonyl (C=O) groups is 4. The lowest BCUT2D eigenvalue weighted by Gasteiger charge is -2.27. The summed E-state index contributed by atoms with van der Waals surface area (Å²) in [6.07, 6.45) is 3.66. The second-order valence-electron chi connectivity index (χ2n) is 7.22. The number of benzene rings is 1. The summed E-state index contributed by atoms with van der Waals surface area (Å²) in [6.45, 7) is 1.84. The Morgan fingerprint density at radius 1 is 1.07 bits per heavy atom. The normalized spacial score (nSPS) is 25.0. The second kappa shape index (κ2) is 7.11. The van der Waals surface area contributed by atoms with Gasteiger partial charge in [-0.15, -0.1) is 0 Å². The van der Waals surface area contributed by atoms with Gasteiger partial charge in [-0.2, -0.15) is 0 Å². The number of anilines is 1. The quantitative estimate of drug-likeness (QED) is 0.657. The van der Waals surface area contributed by atoms with Crippen LogP contribution in [0, 0.1) is 0 Å². The minimum absolute atomic E-state index is 0.117. The molecule has 8 heteroatoms. The van der Waals surface area contributed by atoms with E-state index in [1.54, 1.807) is 18.2 Å². The first-order chi connectivity index (χ1) is 13.0. The predicted molar refractivity (Wildman–Crippen MR) is 97.2 cm³/mol. The van der Waals surface area contributed by atoms with Gasteiger partial charge in [0.2, 0.25) is 11.8 Å². The Kier molecular flexibility index (Phi) is 4.65. The highest BCUT2D eigenvalue weighted by atomic mass is 16.2. The van der Waals surface area contributed by atoms with Crippen molar-refractivity contribution in [3.8, 4) is 0 Å². The molecule has 0 aromatic heterocycles. The Bertz CT molecular complexity index is 816. The summed E-state index contributed by atoms with van der Waals surface area (Å²) in [5, 5.41) is 8.94. The summed E-state index contributed by atoms with van der Waals surface area (Å²) in [7, 11) is 0. The van der Waals surface area contributed by atoms with Crippen LogP contribution in [0.1, 0.15) is 52.8 Å². The van der Waals surface area contributed by atoms with Crippen molar-refractivity contribution in [1.29, 1.82) is 0 Å². The van der Waals surface area contributed by atoms with Crippen molar-refractivity contribution in [2.45, 2.75) is 44.2 Å². The van der Waals surface area contributed by atoms with E-state index in [1.807, 2.05) is 0 Å². The molecule has 4 amide bonds. The maximum Gasteiger partial charge on any atom is 0.262 e. The molecule has 2 atom stereocenters.